The van der Waals surface area contributed by atoms with E-state index in [4.69, 9.17) is 9.47 Å². The van der Waals surface area contributed by atoms with Crippen molar-refractivity contribution in [3.8, 4) is 0 Å². The van der Waals surface area contributed by atoms with E-state index in [0.29, 0.717) is 12.1 Å². The molecule has 0 aliphatic carbocycles. The molecule has 1 fully saturated rings. The molecular weight excluding hydrogens is 273 g/mol. The smallest absolute Gasteiger partial charge is 0.334 e. The molecule has 1 aromatic rings. The first-order valence-electron chi connectivity index (χ1n) is 6.94. The SMILES string of the molecule is COC(=O)C1(Nc2ccc(F)cc2)CC(C)(C)OC1(C)C. The molecule has 1 aromatic carbocycles. The average Bonchev–Trinajstić information content (AvgIpc) is 2.56. The van der Waals surface area contributed by atoms with Gasteiger partial charge in [-0.25, -0.2) is 9.18 Å². The zero-order valence-corrected chi connectivity index (χ0v) is 13.1. The molecule has 0 saturated carbocycles. The summed E-state index contributed by atoms with van der Waals surface area (Å²) in [7, 11) is 1.36. The number of hydrogen-bond donors (Lipinski definition) is 1. The fourth-order valence-electron chi connectivity index (χ4n) is 3.18. The molecule has 0 spiro atoms. The van der Waals surface area contributed by atoms with Gasteiger partial charge in [0, 0.05) is 12.1 Å². The predicted octanol–water partition coefficient (Wildman–Crippen LogP) is 3.13. The molecule has 1 N–H and O–H groups in total. The van der Waals surface area contributed by atoms with E-state index < -0.39 is 16.7 Å². The minimum absolute atomic E-state index is 0.324. The maximum Gasteiger partial charge on any atom is 0.334 e. The van der Waals surface area contributed by atoms with Crippen LogP contribution in [0.2, 0.25) is 0 Å². The van der Waals surface area contributed by atoms with E-state index in [1.165, 1.54) is 19.2 Å². The first-order chi connectivity index (χ1) is 9.62. The first kappa shape index (κ1) is 15.8. The second-order valence-corrected chi connectivity index (χ2v) is 6.58. The number of anilines is 1. The standard InChI is InChI=1S/C16H22FNO3/c1-14(2)10-16(13(19)20-5,15(3,4)21-14)18-12-8-6-11(17)7-9-12/h6-9,18H,10H2,1-5H3. The Labute approximate surface area is 124 Å². The van der Waals surface area contributed by atoms with E-state index in [9.17, 15) is 9.18 Å². The lowest BCUT2D eigenvalue weighted by molar-refractivity contribution is -0.152. The molecule has 1 aliphatic rings. The highest BCUT2D eigenvalue weighted by Gasteiger charge is 2.62. The molecule has 1 heterocycles. The molecule has 0 radical (unpaired) electrons. The van der Waals surface area contributed by atoms with E-state index in [1.54, 1.807) is 12.1 Å². The molecule has 1 unspecified atom stereocenters. The van der Waals surface area contributed by atoms with Gasteiger partial charge in [-0.2, -0.15) is 0 Å². The van der Waals surface area contributed by atoms with Crippen molar-refractivity contribution in [2.45, 2.75) is 50.9 Å². The van der Waals surface area contributed by atoms with Crippen LogP contribution in [0.1, 0.15) is 34.1 Å². The van der Waals surface area contributed by atoms with Crippen LogP contribution in [0.25, 0.3) is 0 Å². The summed E-state index contributed by atoms with van der Waals surface area (Å²) in [5.41, 5.74) is -1.61. The molecule has 5 heteroatoms. The van der Waals surface area contributed by atoms with Crippen molar-refractivity contribution in [2.24, 2.45) is 0 Å². The highest BCUT2D eigenvalue weighted by molar-refractivity contribution is 5.87. The molecule has 4 nitrogen and oxygen atoms in total. The van der Waals surface area contributed by atoms with Gasteiger partial charge in [-0.15, -0.1) is 0 Å². The zero-order valence-electron chi connectivity index (χ0n) is 13.1. The summed E-state index contributed by atoms with van der Waals surface area (Å²) in [4.78, 5) is 12.5. The average molecular weight is 295 g/mol. The Morgan fingerprint density at radius 2 is 1.81 bits per heavy atom. The van der Waals surface area contributed by atoms with Crippen LogP contribution in [-0.2, 0) is 14.3 Å². The third-order valence-corrected chi connectivity index (χ3v) is 3.99. The summed E-state index contributed by atoms with van der Waals surface area (Å²) < 4.78 is 24.1. The maximum absolute atomic E-state index is 13.1. The van der Waals surface area contributed by atoms with Crippen LogP contribution in [0.15, 0.2) is 24.3 Å². The monoisotopic (exact) mass is 295 g/mol. The fraction of sp³-hybridized carbons (Fsp3) is 0.562. The second-order valence-electron chi connectivity index (χ2n) is 6.58. The molecule has 0 bridgehead atoms. The minimum atomic E-state index is -1.02. The minimum Gasteiger partial charge on any atom is -0.467 e. The number of hydrogen-bond acceptors (Lipinski definition) is 4. The molecule has 1 aliphatic heterocycles. The van der Waals surface area contributed by atoms with E-state index in [2.05, 4.69) is 5.32 Å². The third-order valence-electron chi connectivity index (χ3n) is 3.99. The molecule has 0 aromatic heterocycles. The quantitative estimate of drug-likeness (QED) is 0.870. The van der Waals surface area contributed by atoms with Gasteiger partial charge in [0.1, 0.15) is 5.82 Å². The van der Waals surface area contributed by atoms with Crippen LogP contribution in [0.4, 0.5) is 10.1 Å². The van der Waals surface area contributed by atoms with Crippen LogP contribution in [0, 0.1) is 5.82 Å². The van der Waals surface area contributed by atoms with Crippen molar-refractivity contribution in [3.05, 3.63) is 30.1 Å². The number of rotatable bonds is 3. The van der Waals surface area contributed by atoms with Crippen molar-refractivity contribution in [1.82, 2.24) is 0 Å². The largest absolute Gasteiger partial charge is 0.467 e. The Balaban J connectivity index is 2.43. The Morgan fingerprint density at radius 3 is 2.24 bits per heavy atom. The zero-order chi connectivity index (χ0) is 15.9. The van der Waals surface area contributed by atoms with Gasteiger partial charge in [-0.1, -0.05) is 0 Å². The number of benzene rings is 1. The Kier molecular flexibility index (Phi) is 3.74. The molecule has 2 rings (SSSR count). The summed E-state index contributed by atoms with van der Waals surface area (Å²) in [5, 5.41) is 3.21. The first-order valence-corrected chi connectivity index (χ1v) is 6.94. The second kappa shape index (κ2) is 4.98. The maximum atomic E-state index is 13.1. The van der Waals surface area contributed by atoms with Crippen LogP contribution >= 0.6 is 0 Å². The van der Waals surface area contributed by atoms with Crippen LogP contribution < -0.4 is 5.32 Å². The number of carbonyl (C=O) groups is 1. The summed E-state index contributed by atoms with van der Waals surface area (Å²) in [6.07, 6.45) is 0.455. The highest BCUT2D eigenvalue weighted by atomic mass is 19.1. The number of nitrogens with one attached hydrogen (secondary N) is 1. The van der Waals surface area contributed by atoms with Gasteiger partial charge in [0.25, 0.3) is 0 Å². The van der Waals surface area contributed by atoms with Crippen LogP contribution in [0.3, 0.4) is 0 Å². The van der Waals surface area contributed by atoms with Crippen molar-refractivity contribution < 1.29 is 18.7 Å². The molecule has 1 atom stereocenters. The fourth-order valence-corrected chi connectivity index (χ4v) is 3.18. The topological polar surface area (TPSA) is 47.6 Å². The summed E-state index contributed by atoms with van der Waals surface area (Å²) in [6.45, 7) is 7.59. The normalized spacial score (nSPS) is 26.4. The van der Waals surface area contributed by atoms with E-state index >= 15 is 0 Å². The van der Waals surface area contributed by atoms with E-state index in [1.807, 2.05) is 27.7 Å². The van der Waals surface area contributed by atoms with Crippen molar-refractivity contribution in [3.63, 3.8) is 0 Å². The lowest BCUT2D eigenvalue weighted by Gasteiger charge is -2.38. The van der Waals surface area contributed by atoms with Crippen molar-refractivity contribution in [1.29, 1.82) is 0 Å². The number of halogens is 1. The Hall–Kier alpha value is -1.62. The highest BCUT2D eigenvalue weighted by Crippen LogP contribution is 2.47. The third kappa shape index (κ3) is 2.75. The van der Waals surface area contributed by atoms with Crippen molar-refractivity contribution >= 4 is 11.7 Å². The summed E-state index contributed by atoms with van der Waals surface area (Å²) >= 11 is 0. The van der Waals surface area contributed by atoms with E-state index in [0.717, 1.165) is 0 Å². The van der Waals surface area contributed by atoms with Crippen molar-refractivity contribution in [2.75, 3.05) is 12.4 Å². The summed E-state index contributed by atoms with van der Waals surface area (Å²) in [5.74, 6) is -0.711. The van der Waals surface area contributed by atoms with Gasteiger partial charge >= 0.3 is 5.97 Å². The van der Waals surface area contributed by atoms with Gasteiger partial charge in [-0.3, -0.25) is 0 Å². The van der Waals surface area contributed by atoms with E-state index in [-0.39, 0.29) is 11.8 Å². The summed E-state index contributed by atoms with van der Waals surface area (Å²) in [6, 6.07) is 5.89. The van der Waals surface area contributed by atoms with Gasteiger partial charge in [0.15, 0.2) is 5.54 Å². The number of carbonyl (C=O) groups excluding carboxylic acids is 1. The number of esters is 1. The number of ether oxygens (including phenoxy) is 2. The van der Waals surface area contributed by atoms with Gasteiger partial charge in [0.05, 0.1) is 18.3 Å². The van der Waals surface area contributed by atoms with Crippen LogP contribution in [0.5, 0.6) is 0 Å². The van der Waals surface area contributed by atoms with Gasteiger partial charge in [0.2, 0.25) is 0 Å². The lowest BCUT2D eigenvalue weighted by Crippen LogP contribution is -2.59. The predicted molar refractivity (Wildman–Crippen MR) is 78.6 cm³/mol. The molecule has 116 valence electrons. The lowest BCUT2D eigenvalue weighted by atomic mass is 9.78. The number of methoxy groups -OCH3 is 1. The molecule has 21 heavy (non-hydrogen) atoms. The molecular formula is C16H22FNO3. The Bertz CT molecular complexity index is 539. The van der Waals surface area contributed by atoms with Gasteiger partial charge < -0.3 is 14.8 Å². The van der Waals surface area contributed by atoms with Gasteiger partial charge in [-0.05, 0) is 52.0 Å². The molecule has 0 amide bonds. The Morgan fingerprint density at radius 1 is 1.24 bits per heavy atom. The van der Waals surface area contributed by atoms with Crippen LogP contribution in [-0.4, -0.2) is 29.8 Å². The molecule has 1 saturated heterocycles.